The standard InChI is InChI=1S/C27H36N6OS/c1-28-23(34)15-22-24(20-7-5-4-6-8-20)25-26(29-18-30-27(25)35-22)33-13-9-19(10-14-33)16-32(3)21-11-12-31(2)17-21/h4-8,18-19,21H,9-17H2,1-3H3,(H,28,34). The van der Waals surface area contributed by atoms with Gasteiger partial charge in [0, 0.05) is 49.7 Å². The Kier molecular flexibility index (Phi) is 7.32. The van der Waals surface area contributed by atoms with E-state index in [1.54, 1.807) is 24.7 Å². The van der Waals surface area contributed by atoms with Crippen LogP contribution in [0, 0.1) is 5.92 Å². The van der Waals surface area contributed by atoms with Gasteiger partial charge in [-0.2, -0.15) is 0 Å². The minimum absolute atomic E-state index is 0.0154. The molecule has 186 valence electrons. The molecule has 2 aliphatic rings. The van der Waals surface area contributed by atoms with E-state index in [4.69, 9.17) is 4.98 Å². The van der Waals surface area contributed by atoms with Crippen molar-refractivity contribution in [2.75, 3.05) is 58.8 Å². The third kappa shape index (κ3) is 5.20. The number of nitrogens with zero attached hydrogens (tertiary/aromatic N) is 5. The van der Waals surface area contributed by atoms with Crippen LogP contribution < -0.4 is 10.2 Å². The predicted molar refractivity (Wildman–Crippen MR) is 144 cm³/mol. The zero-order valence-corrected chi connectivity index (χ0v) is 21.9. The molecule has 1 N–H and O–H groups in total. The molecule has 0 bridgehead atoms. The lowest BCUT2D eigenvalue weighted by Gasteiger charge is -2.36. The number of aromatic nitrogens is 2. The van der Waals surface area contributed by atoms with Gasteiger partial charge in [-0.3, -0.25) is 4.79 Å². The number of nitrogens with one attached hydrogen (secondary N) is 1. The van der Waals surface area contributed by atoms with Gasteiger partial charge < -0.3 is 20.0 Å². The monoisotopic (exact) mass is 492 g/mol. The van der Waals surface area contributed by atoms with Crippen LogP contribution in [-0.4, -0.2) is 85.6 Å². The number of carbonyl (C=O) groups is 1. The lowest BCUT2D eigenvalue weighted by atomic mass is 9.95. The van der Waals surface area contributed by atoms with E-state index in [9.17, 15) is 4.79 Å². The quantitative estimate of drug-likeness (QED) is 0.545. The van der Waals surface area contributed by atoms with Crippen LogP contribution in [0.4, 0.5) is 5.82 Å². The molecule has 0 aliphatic carbocycles. The Bertz CT molecular complexity index is 1160. The molecule has 0 spiro atoms. The van der Waals surface area contributed by atoms with Crippen molar-refractivity contribution >= 4 is 33.3 Å². The molecule has 4 heterocycles. The SMILES string of the molecule is CNC(=O)Cc1sc2ncnc(N3CCC(CN(C)C4CCN(C)C4)CC3)c2c1-c1ccccc1. The van der Waals surface area contributed by atoms with Crippen molar-refractivity contribution in [3.05, 3.63) is 41.5 Å². The molecule has 0 radical (unpaired) electrons. The number of fused-ring (bicyclic) bond motifs is 1. The van der Waals surface area contributed by atoms with Gasteiger partial charge >= 0.3 is 0 Å². The number of hydrogen-bond acceptors (Lipinski definition) is 7. The lowest BCUT2D eigenvalue weighted by Crippen LogP contribution is -2.42. The number of hydrogen-bond donors (Lipinski definition) is 1. The highest BCUT2D eigenvalue weighted by Gasteiger charge is 2.29. The molecular formula is C27H36N6OS. The molecule has 2 aromatic heterocycles. The third-order valence-corrected chi connectivity index (χ3v) is 8.75. The molecule has 1 atom stereocenters. The number of rotatable bonds is 7. The van der Waals surface area contributed by atoms with Gasteiger partial charge in [0.1, 0.15) is 17.0 Å². The molecule has 1 amide bonds. The summed E-state index contributed by atoms with van der Waals surface area (Å²) in [5, 5.41) is 3.86. The predicted octanol–water partition coefficient (Wildman–Crippen LogP) is 3.50. The third-order valence-electron chi connectivity index (χ3n) is 7.65. The molecule has 2 aliphatic heterocycles. The lowest BCUT2D eigenvalue weighted by molar-refractivity contribution is -0.119. The van der Waals surface area contributed by atoms with E-state index in [0.29, 0.717) is 12.5 Å². The van der Waals surface area contributed by atoms with Gasteiger partial charge in [-0.05, 0) is 51.4 Å². The van der Waals surface area contributed by atoms with Crippen LogP contribution >= 0.6 is 11.3 Å². The molecular weight excluding hydrogens is 456 g/mol. The first-order chi connectivity index (χ1) is 17.0. The van der Waals surface area contributed by atoms with Crippen LogP contribution in [0.25, 0.3) is 21.3 Å². The Morgan fingerprint density at radius 1 is 1.14 bits per heavy atom. The Morgan fingerprint density at radius 2 is 1.91 bits per heavy atom. The fraction of sp³-hybridized carbons (Fsp3) is 0.519. The molecule has 2 saturated heterocycles. The summed E-state index contributed by atoms with van der Waals surface area (Å²) in [5.74, 6) is 1.75. The van der Waals surface area contributed by atoms with Crippen molar-refractivity contribution in [1.82, 2.24) is 25.1 Å². The van der Waals surface area contributed by atoms with E-state index >= 15 is 0 Å². The van der Waals surface area contributed by atoms with E-state index in [0.717, 1.165) is 51.0 Å². The largest absolute Gasteiger partial charge is 0.359 e. The number of likely N-dealkylation sites (tertiary alicyclic amines) is 1. The summed E-state index contributed by atoms with van der Waals surface area (Å²) in [5.41, 5.74) is 2.23. The zero-order valence-electron chi connectivity index (χ0n) is 21.0. The first kappa shape index (κ1) is 24.2. The summed E-state index contributed by atoms with van der Waals surface area (Å²) in [6.07, 6.45) is 5.67. The number of likely N-dealkylation sites (N-methyl/N-ethyl adjacent to an activating group) is 3. The summed E-state index contributed by atoms with van der Waals surface area (Å²) in [6, 6.07) is 11.1. The zero-order chi connectivity index (χ0) is 24.4. The highest BCUT2D eigenvalue weighted by Crippen LogP contribution is 2.42. The van der Waals surface area contributed by atoms with E-state index in [-0.39, 0.29) is 5.91 Å². The van der Waals surface area contributed by atoms with Gasteiger partial charge in [-0.25, -0.2) is 9.97 Å². The summed E-state index contributed by atoms with van der Waals surface area (Å²) < 4.78 is 0. The first-order valence-corrected chi connectivity index (χ1v) is 13.5. The number of anilines is 1. The van der Waals surface area contributed by atoms with Gasteiger partial charge in [0.05, 0.1) is 11.8 Å². The first-order valence-electron chi connectivity index (χ1n) is 12.7. The molecule has 3 aromatic rings. The Balaban J connectivity index is 1.38. The van der Waals surface area contributed by atoms with E-state index in [1.165, 1.54) is 38.9 Å². The minimum atomic E-state index is 0.0154. The summed E-state index contributed by atoms with van der Waals surface area (Å²) >= 11 is 1.61. The van der Waals surface area contributed by atoms with Crippen LogP contribution in [0.1, 0.15) is 24.1 Å². The molecule has 1 aromatic carbocycles. The number of piperidine rings is 1. The smallest absolute Gasteiger partial charge is 0.225 e. The maximum atomic E-state index is 12.3. The second-order valence-electron chi connectivity index (χ2n) is 10.1. The van der Waals surface area contributed by atoms with Crippen molar-refractivity contribution < 1.29 is 4.79 Å². The molecule has 1 unspecified atom stereocenters. The van der Waals surface area contributed by atoms with Gasteiger partial charge in [-0.15, -0.1) is 11.3 Å². The Hall–Kier alpha value is -2.55. The van der Waals surface area contributed by atoms with Crippen molar-refractivity contribution in [3.63, 3.8) is 0 Å². The highest BCUT2D eigenvalue weighted by atomic mass is 32.1. The average Bonchev–Trinajstić information content (AvgIpc) is 3.48. The van der Waals surface area contributed by atoms with Gasteiger partial charge in [-0.1, -0.05) is 30.3 Å². The van der Waals surface area contributed by atoms with Crippen molar-refractivity contribution in [1.29, 1.82) is 0 Å². The summed E-state index contributed by atoms with van der Waals surface area (Å²) in [7, 11) is 6.22. The Labute approximate surface area is 212 Å². The minimum Gasteiger partial charge on any atom is -0.359 e. The van der Waals surface area contributed by atoms with E-state index < -0.39 is 0 Å². The second kappa shape index (κ2) is 10.6. The fourth-order valence-electron chi connectivity index (χ4n) is 5.63. The maximum Gasteiger partial charge on any atom is 0.225 e. The highest BCUT2D eigenvalue weighted by molar-refractivity contribution is 7.19. The number of carbonyl (C=O) groups excluding carboxylic acids is 1. The van der Waals surface area contributed by atoms with Gasteiger partial charge in [0.25, 0.3) is 0 Å². The molecule has 8 heteroatoms. The molecule has 5 rings (SSSR count). The average molecular weight is 493 g/mol. The number of amides is 1. The van der Waals surface area contributed by atoms with Gasteiger partial charge in [0.15, 0.2) is 0 Å². The van der Waals surface area contributed by atoms with Crippen LogP contribution in [0.5, 0.6) is 0 Å². The second-order valence-corrected chi connectivity index (χ2v) is 11.2. The molecule has 2 fully saturated rings. The van der Waals surface area contributed by atoms with Gasteiger partial charge in [0.2, 0.25) is 5.91 Å². The normalized spacial score (nSPS) is 19.7. The topological polar surface area (TPSA) is 64.6 Å². The summed E-state index contributed by atoms with van der Waals surface area (Å²) in [6.45, 7) is 5.58. The van der Waals surface area contributed by atoms with Crippen LogP contribution in [0.3, 0.4) is 0 Å². The number of benzene rings is 1. The fourth-order valence-corrected chi connectivity index (χ4v) is 6.78. The van der Waals surface area contributed by atoms with E-state index in [2.05, 4.69) is 63.4 Å². The van der Waals surface area contributed by atoms with Crippen molar-refractivity contribution in [2.24, 2.45) is 5.92 Å². The van der Waals surface area contributed by atoms with Crippen molar-refractivity contribution in [3.8, 4) is 11.1 Å². The van der Waals surface area contributed by atoms with E-state index in [1.807, 2.05) is 6.07 Å². The van der Waals surface area contributed by atoms with Crippen LogP contribution in [-0.2, 0) is 11.2 Å². The number of thiophene rings is 1. The summed E-state index contributed by atoms with van der Waals surface area (Å²) in [4.78, 5) is 31.2. The van der Waals surface area contributed by atoms with Crippen LogP contribution in [0.15, 0.2) is 36.7 Å². The van der Waals surface area contributed by atoms with Crippen LogP contribution in [0.2, 0.25) is 0 Å². The molecule has 0 saturated carbocycles. The molecule has 35 heavy (non-hydrogen) atoms. The Morgan fingerprint density at radius 3 is 2.60 bits per heavy atom. The molecule has 7 nitrogen and oxygen atoms in total. The maximum absolute atomic E-state index is 12.3. The van der Waals surface area contributed by atoms with Crippen molar-refractivity contribution in [2.45, 2.75) is 31.7 Å².